The molecule has 2 aromatic rings. The molecule has 10 nitrogen and oxygen atoms in total. The number of amides is 2. The Hall–Kier alpha value is -2.34. The van der Waals surface area contributed by atoms with Crippen molar-refractivity contribution in [2.24, 2.45) is 11.8 Å². The predicted molar refractivity (Wildman–Crippen MR) is 128 cm³/mol. The fourth-order valence-corrected chi connectivity index (χ4v) is 5.58. The van der Waals surface area contributed by atoms with Crippen LogP contribution in [0.25, 0.3) is 0 Å². The number of hydrogen-bond donors (Lipinski definition) is 5. The summed E-state index contributed by atoms with van der Waals surface area (Å²) in [5, 5.41) is 25.6. The summed E-state index contributed by atoms with van der Waals surface area (Å²) < 4.78 is 0. The molecule has 1 aliphatic carbocycles. The van der Waals surface area contributed by atoms with Crippen LogP contribution in [-0.2, 0) is 11.2 Å². The lowest BCUT2D eigenvalue weighted by Gasteiger charge is -2.23. The number of rotatable bonds is 8. The molecule has 0 aromatic carbocycles. The van der Waals surface area contributed by atoms with Crippen LogP contribution in [0.5, 0.6) is 0 Å². The van der Waals surface area contributed by atoms with Crippen molar-refractivity contribution in [2.45, 2.75) is 38.8 Å². The number of aliphatic hydroxyl groups excluding tert-OH is 1. The molecule has 3 atom stereocenters. The first-order chi connectivity index (χ1) is 15.9. The predicted octanol–water partition coefficient (Wildman–Crippen LogP) is 2.08. The first kappa shape index (κ1) is 24.8. The number of halogens is 2. The number of fused-ring (bicyclic) bond motifs is 1. The summed E-state index contributed by atoms with van der Waals surface area (Å²) in [6, 6.07) is -0.00735. The standard InChI is InChI=1S/C21H25Cl2N5O5S/c1-8-13(22)14(23)16(24-8)18(31)26-15-9-5-28(6-10(9)15)20-25-11(17(34-20)19(32)33)4-12(30)27-21(2,3)7-29/h9-10,15,24,29H,4-7H2,1-3H3,(H,26,31)(H,27,30)(H,32,33)/t9-,10+,15?. The third kappa shape index (κ3) is 4.74. The fraction of sp³-hybridized carbons (Fsp3) is 0.524. The third-order valence-corrected chi connectivity index (χ3v) is 8.22. The number of aromatic carboxylic acids is 1. The van der Waals surface area contributed by atoms with Crippen LogP contribution in [0, 0.1) is 18.8 Å². The van der Waals surface area contributed by atoms with Gasteiger partial charge in [-0.05, 0) is 20.8 Å². The minimum absolute atomic E-state index is 0.00735. The lowest BCUT2D eigenvalue weighted by molar-refractivity contribution is -0.122. The van der Waals surface area contributed by atoms with Gasteiger partial charge in [-0.25, -0.2) is 9.78 Å². The molecule has 0 spiro atoms. The number of carbonyl (C=O) groups is 3. The number of H-pyrrole nitrogens is 1. The monoisotopic (exact) mass is 529 g/mol. The molecule has 34 heavy (non-hydrogen) atoms. The number of aromatic nitrogens is 2. The molecule has 1 aliphatic heterocycles. The zero-order valence-corrected chi connectivity index (χ0v) is 21.1. The second-order valence-corrected chi connectivity index (χ2v) is 11.1. The van der Waals surface area contributed by atoms with E-state index in [-0.39, 0.29) is 58.1 Å². The van der Waals surface area contributed by atoms with E-state index in [0.29, 0.717) is 28.9 Å². The maximum absolute atomic E-state index is 12.6. The van der Waals surface area contributed by atoms with Crippen molar-refractivity contribution in [1.29, 1.82) is 0 Å². The molecule has 5 N–H and O–H groups in total. The van der Waals surface area contributed by atoms with Crippen LogP contribution < -0.4 is 15.5 Å². The number of hydrogen-bond acceptors (Lipinski definition) is 7. The quantitative estimate of drug-likeness (QED) is 0.351. The van der Waals surface area contributed by atoms with Crippen molar-refractivity contribution in [1.82, 2.24) is 20.6 Å². The Bertz CT molecular complexity index is 1150. The number of carboxylic acids is 1. The zero-order chi connectivity index (χ0) is 24.9. The Morgan fingerprint density at radius 2 is 1.88 bits per heavy atom. The van der Waals surface area contributed by atoms with E-state index in [0.717, 1.165) is 11.3 Å². The second kappa shape index (κ2) is 9.03. The average Bonchev–Trinajstić information content (AvgIpc) is 3.13. The average molecular weight is 530 g/mol. The first-order valence-corrected chi connectivity index (χ1v) is 12.2. The molecule has 0 bridgehead atoms. The molecule has 2 amide bonds. The van der Waals surface area contributed by atoms with Gasteiger partial charge < -0.3 is 30.7 Å². The maximum Gasteiger partial charge on any atom is 0.347 e. The van der Waals surface area contributed by atoms with E-state index in [9.17, 15) is 24.6 Å². The van der Waals surface area contributed by atoms with Gasteiger partial charge in [0.05, 0.1) is 34.3 Å². The highest BCUT2D eigenvalue weighted by molar-refractivity contribution is 7.17. The lowest BCUT2D eigenvalue weighted by atomic mass is 10.1. The van der Waals surface area contributed by atoms with Gasteiger partial charge in [0.2, 0.25) is 5.91 Å². The number of carboxylic acid groups (broad SMARTS) is 1. The third-order valence-electron chi connectivity index (χ3n) is 6.12. The molecular weight excluding hydrogens is 505 g/mol. The molecule has 0 radical (unpaired) electrons. The highest BCUT2D eigenvalue weighted by Crippen LogP contribution is 2.48. The normalized spacial score (nSPS) is 21.4. The van der Waals surface area contributed by atoms with Crippen molar-refractivity contribution < 1.29 is 24.6 Å². The topological polar surface area (TPSA) is 148 Å². The van der Waals surface area contributed by atoms with Gasteiger partial charge in [-0.15, -0.1) is 0 Å². The molecule has 13 heteroatoms. The van der Waals surface area contributed by atoms with Crippen molar-refractivity contribution in [2.75, 3.05) is 24.6 Å². The summed E-state index contributed by atoms with van der Waals surface area (Å²) in [6.07, 6.45) is -0.195. The largest absolute Gasteiger partial charge is 0.477 e. The molecule has 2 aromatic heterocycles. The van der Waals surface area contributed by atoms with Crippen molar-refractivity contribution in [3.05, 3.63) is 32.0 Å². The van der Waals surface area contributed by atoms with E-state index >= 15 is 0 Å². The van der Waals surface area contributed by atoms with Gasteiger partial charge in [0.25, 0.3) is 5.91 Å². The van der Waals surface area contributed by atoms with Gasteiger partial charge in [-0.2, -0.15) is 0 Å². The second-order valence-electron chi connectivity index (χ2n) is 9.33. The molecule has 4 rings (SSSR count). The lowest BCUT2D eigenvalue weighted by Crippen LogP contribution is -2.47. The fourth-order valence-electron chi connectivity index (χ4n) is 4.22. The smallest absolute Gasteiger partial charge is 0.347 e. The molecule has 2 fully saturated rings. The van der Waals surface area contributed by atoms with Crippen LogP contribution in [0.15, 0.2) is 0 Å². The number of aryl methyl sites for hydroxylation is 1. The Morgan fingerprint density at radius 1 is 1.24 bits per heavy atom. The number of anilines is 1. The van der Waals surface area contributed by atoms with Crippen LogP contribution in [0.3, 0.4) is 0 Å². The minimum Gasteiger partial charge on any atom is -0.477 e. The highest BCUT2D eigenvalue weighted by atomic mass is 35.5. The number of nitrogens with one attached hydrogen (secondary N) is 3. The highest BCUT2D eigenvalue weighted by Gasteiger charge is 2.57. The molecule has 2 aliphatic rings. The SMILES string of the molecule is Cc1[nH]c(C(=O)NC2[C@H]3CN(c4nc(CC(=O)NC(C)(C)CO)c(C(=O)O)s4)C[C@@H]23)c(Cl)c1Cl. The summed E-state index contributed by atoms with van der Waals surface area (Å²) >= 11 is 13.2. The van der Waals surface area contributed by atoms with Crippen molar-refractivity contribution in [3.8, 4) is 0 Å². The summed E-state index contributed by atoms with van der Waals surface area (Å²) in [5.74, 6) is -1.44. The number of thiazole rings is 1. The number of piperidine rings is 1. The summed E-state index contributed by atoms with van der Waals surface area (Å²) in [5.41, 5.74) is 0.243. The Labute approximate surface area is 209 Å². The number of aromatic amines is 1. The van der Waals surface area contributed by atoms with E-state index < -0.39 is 17.4 Å². The minimum atomic E-state index is -1.14. The van der Waals surface area contributed by atoms with Gasteiger partial charge in [-0.3, -0.25) is 9.59 Å². The molecule has 1 saturated carbocycles. The van der Waals surface area contributed by atoms with Crippen LogP contribution in [0.2, 0.25) is 10.0 Å². The van der Waals surface area contributed by atoms with Gasteiger partial charge in [0.1, 0.15) is 10.6 Å². The molecule has 1 unspecified atom stereocenters. The summed E-state index contributed by atoms with van der Waals surface area (Å²) in [4.78, 5) is 46.0. The Kier molecular flexibility index (Phi) is 6.58. The van der Waals surface area contributed by atoms with E-state index in [2.05, 4.69) is 20.6 Å². The number of nitrogens with zero attached hydrogens (tertiary/aromatic N) is 2. The number of carbonyl (C=O) groups excluding carboxylic acids is 2. The van der Waals surface area contributed by atoms with E-state index in [1.165, 1.54) is 0 Å². The van der Waals surface area contributed by atoms with Crippen molar-refractivity contribution >= 4 is 57.5 Å². The summed E-state index contributed by atoms with van der Waals surface area (Å²) in [6.45, 7) is 6.05. The molecule has 3 heterocycles. The van der Waals surface area contributed by atoms with Crippen LogP contribution >= 0.6 is 34.5 Å². The zero-order valence-electron chi connectivity index (χ0n) is 18.7. The van der Waals surface area contributed by atoms with E-state index in [1.54, 1.807) is 20.8 Å². The van der Waals surface area contributed by atoms with Gasteiger partial charge in [0, 0.05) is 36.7 Å². The van der Waals surface area contributed by atoms with Crippen LogP contribution in [-0.4, -0.2) is 69.2 Å². The Balaban J connectivity index is 1.38. The molecular formula is C21H25Cl2N5O5S. The van der Waals surface area contributed by atoms with Gasteiger partial charge >= 0.3 is 5.97 Å². The number of aliphatic hydroxyl groups is 1. The molecule has 184 valence electrons. The van der Waals surface area contributed by atoms with Crippen LogP contribution in [0.1, 0.15) is 45.4 Å². The molecule has 1 saturated heterocycles. The maximum atomic E-state index is 12.6. The first-order valence-electron chi connectivity index (χ1n) is 10.7. The Morgan fingerprint density at radius 3 is 2.41 bits per heavy atom. The van der Waals surface area contributed by atoms with Crippen LogP contribution in [0.4, 0.5) is 5.13 Å². The van der Waals surface area contributed by atoms with E-state index in [4.69, 9.17) is 23.2 Å². The summed E-state index contributed by atoms with van der Waals surface area (Å²) in [7, 11) is 0. The van der Waals surface area contributed by atoms with E-state index in [1.807, 2.05) is 4.90 Å². The van der Waals surface area contributed by atoms with Gasteiger partial charge in [-0.1, -0.05) is 34.5 Å². The van der Waals surface area contributed by atoms with Gasteiger partial charge in [0.15, 0.2) is 5.13 Å². The van der Waals surface area contributed by atoms with Crippen molar-refractivity contribution in [3.63, 3.8) is 0 Å².